The molecule has 2 rings (SSSR count). The van der Waals surface area contributed by atoms with E-state index in [1.807, 2.05) is 49.4 Å². The molecule has 0 amide bonds. The second-order valence-corrected chi connectivity index (χ2v) is 4.17. The Labute approximate surface area is 107 Å². The topological polar surface area (TPSA) is 47.6 Å². The minimum atomic E-state index is -0.388. The SMILES string of the molecule is Cc1ccc(C(C#N)c2ccccc2C#N)cc1. The number of nitriles is 2. The molecule has 0 saturated carbocycles. The van der Waals surface area contributed by atoms with Crippen LogP contribution < -0.4 is 0 Å². The van der Waals surface area contributed by atoms with E-state index in [1.165, 1.54) is 0 Å². The second-order valence-electron chi connectivity index (χ2n) is 4.17. The van der Waals surface area contributed by atoms with Crippen molar-refractivity contribution in [3.8, 4) is 12.1 Å². The molecule has 0 aromatic heterocycles. The summed E-state index contributed by atoms with van der Waals surface area (Å²) in [6, 6.07) is 19.5. The molecular formula is C16H12N2. The minimum Gasteiger partial charge on any atom is -0.197 e. The third-order valence-corrected chi connectivity index (χ3v) is 2.93. The first-order chi connectivity index (χ1) is 8.76. The number of hydrogen-bond acceptors (Lipinski definition) is 2. The van der Waals surface area contributed by atoms with Gasteiger partial charge in [-0.05, 0) is 24.1 Å². The largest absolute Gasteiger partial charge is 0.197 e. The van der Waals surface area contributed by atoms with Crippen LogP contribution >= 0.6 is 0 Å². The van der Waals surface area contributed by atoms with E-state index < -0.39 is 0 Å². The predicted molar refractivity (Wildman–Crippen MR) is 69.8 cm³/mol. The molecule has 1 atom stereocenters. The molecule has 0 spiro atoms. The van der Waals surface area contributed by atoms with E-state index in [0.717, 1.165) is 16.7 Å². The van der Waals surface area contributed by atoms with E-state index in [4.69, 9.17) is 5.26 Å². The summed E-state index contributed by atoms with van der Waals surface area (Å²) in [5.74, 6) is -0.388. The van der Waals surface area contributed by atoms with Crippen molar-refractivity contribution in [3.63, 3.8) is 0 Å². The first kappa shape index (κ1) is 11.9. The first-order valence-corrected chi connectivity index (χ1v) is 5.71. The lowest BCUT2D eigenvalue weighted by Crippen LogP contribution is -2.00. The third kappa shape index (κ3) is 2.24. The average molecular weight is 232 g/mol. The maximum atomic E-state index is 9.36. The molecular weight excluding hydrogens is 220 g/mol. The van der Waals surface area contributed by atoms with E-state index in [2.05, 4.69) is 12.1 Å². The van der Waals surface area contributed by atoms with E-state index in [9.17, 15) is 5.26 Å². The molecule has 0 aliphatic heterocycles. The summed E-state index contributed by atoms with van der Waals surface area (Å²) in [4.78, 5) is 0. The minimum absolute atomic E-state index is 0.388. The summed E-state index contributed by atoms with van der Waals surface area (Å²) < 4.78 is 0. The van der Waals surface area contributed by atoms with Gasteiger partial charge in [-0.3, -0.25) is 0 Å². The summed E-state index contributed by atoms with van der Waals surface area (Å²) in [6.45, 7) is 2.01. The van der Waals surface area contributed by atoms with E-state index in [-0.39, 0.29) is 5.92 Å². The molecule has 0 aliphatic rings. The zero-order valence-electron chi connectivity index (χ0n) is 10.1. The Morgan fingerprint density at radius 1 is 0.944 bits per heavy atom. The predicted octanol–water partition coefficient (Wildman–Crippen LogP) is 3.52. The second kappa shape index (κ2) is 5.17. The highest BCUT2D eigenvalue weighted by Crippen LogP contribution is 2.26. The Balaban J connectivity index is 2.50. The molecule has 0 saturated heterocycles. The van der Waals surface area contributed by atoms with Crippen LogP contribution in [0.4, 0.5) is 0 Å². The van der Waals surface area contributed by atoms with Gasteiger partial charge in [-0.25, -0.2) is 0 Å². The Bertz CT molecular complexity index is 627. The van der Waals surface area contributed by atoms with Crippen molar-refractivity contribution >= 4 is 0 Å². The number of aryl methyl sites for hydroxylation is 1. The molecule has 86 valence electrons. The first-order valence-electron chi connectivity index (χ1n) is 5.71. The van der Waals surface area contributed by atoms with E-state index in [1.54, 1.807) is 6.07 Å². The van der Waals surface area contributed by atoms with E-state index >= 15 is 0 Å². The van der Waals surface area contributed by atoms with Crippen molar-refractivity contribution in [3.05, 3.63) is 70.8 Å². The fourth-order valence-corrected chi connectivity index (χ4v) is 1.93. The molecule has 2 aromatic rings. The van der Waals surface area contributed by atoms with Crippen molar-refractivity contribution in [2.24, 2.45) is 0 Å². The van der Waals surface area contributed by atoms with Gasteiger partial charge in [0.1, 0.15) is 0 Å². The zero-order valence-corrected chi connectivity index (χ0v) is 10.1. The van der Waals surface area contributed by atoms with Gasteiger partial charge in [0.25, 0.3) is 0 Å². The number of rotatable bonds is 2. The van der Waals surface area contributed by atoms with Crippen LogP contribution in [0.3, 0.4) is 0 Å². The Kier molecular flexibility index (Phi) is 3.41. The summed E-state index contributed by atoms with van der Waals surface area (Å²) in [6.07, 6.45) is 0. The average Bonchev–Trinajstić information content (AvgIpc) is 2.42. The molecule has 0 N–H and O–H groups in total. The highest BCUT2D eigenvalue weighted by atomic mass is 14.3. The van der Waals surface area contributed by atoms with Crippen LogP contribution in [-0.2, 0) is 0 Å². The lowest BCUT2D eigenvalue weighted by atomic mass is 9.89. The molecule has 0 aliphatic carbocycles. The van der Waals surface area contributed by atoms with Crippen molar-refractivity contribution in [2.75, 3.05) is 0 Å². The van der Waals surface area contributed by atoms with Crippen molar-refractivity contribution < 1.29 is 0 Å². The van der Waals surface area contributed by atoms with Gasteiger partial charge in [-0.2, -0.15) is 10.5 Å². The quantitative estimate of drug-likeness (QED) is 0.795. The van der Waals surface area contributed by atoms with Crippen LogP contribution in [0, 0.1) is 29.6 Å². The summed E-state index contributed by atoms with van der Waals surface area (Å²) in [7, 11) is 0. The van der Waals surface area contributed by atoms with Gasteiger partial charge in [0.05, 0.1) is 23.6 Å². The van der Waals surface area contributed by atoms with Gasteiger partial charge in [-0.1, -0.05) is 48.0 Å². The number of nitrogens with zero attached hydrogens (tertiary/aromatic N) is 2. The maximum Gasteiger partial charge on any atom is 0.0995 e. The normalized spacial score (nSPS) is 11.3. The summed E-state index contributed by atoms with van der Waals surface area (Å²) in [5.41, 5.74) is 3.41. The lowest BCUT2D eigenvalue weighted by Gasteiger charge is -2.11. The van der Waals surface area contributed by atoms with Crippen molar-refractivity contribution in [1.82, 2.24) is 0 Å². The van der Waals surface area contributed by atoms with Crippen LogP contribution in [0.25, 0.3) is 0 Å². The highest BCUT2D eigenvalue weighted by Gasteiger charge is 2.16. The van der Waals surface area contributed by atoms with Gasteiger partial charge in [0, 0.05) is 0 Å². The molecule has 18 heavy (non-hydrogen) atoms. The van der Waals surface area contributed by atoms with Gasteiger partial charge in [-0.15, -0.1) is 0 Å². The number of hydrogen-bond donors (Lipinski definition) is 0. The zero-order chi connectivity index (χ0) is 13.0. The van der Waals surface area contributed by atoms with Gasteiger partial charge < -0.3 is 0 Å². The van der Waals surface area contributed by atoms with Crippen LogP contribution in [-0.4, -0.2) is 0 Å². The molecule has 0 bridgehead atoms. The fraction of sp³-hybridized carbons (Fsp3) is 0.125. The smallest absolute Gasteiger partial charge is 0.0995 e. The van der Waals surface area contributed by atoms with Gasteiger partial charge in [0.2, 0.25) is 0 Å². The maximum absolute atomic E-state index is 9.36. The Hall–Kier alpha value is -2.58. The molecule has 2 nitrogen and oxygen atoms in total. The molecule has 0 heterocycles. The van der Waals surface area contributed by atoms with Crippen LogP contribution in [0.5, 0.6) is 0 Å². The molecule has 0 fully saturated rings. The van der Waals surface area contributed by atoms with Crippen LogP contribution in [0.1, 0.15) is 28.2 Å². The van der Waals surface area contributed by atoms with Crippen molar-refractivity contribution in [2.45, 2.75) is 12.8 Å². The molecule has 2 heteroatoms. The standard InChI is InChI=1S/C16H12N2/c1-12-6-8-13(9-7-12)16(11-18)15-5-3-2-4-14(15)10-17/h2-9,16H,1H3. The van der Waals surface area contributed by atoms with Gasteiger partial charge in [0.15, 0.2) is 0 Å². The number of benzene rings is 2. The summed E-state index contributed by atoms with van der Waals surface area (Å²) >= 11 is 0. The van der Waals surface area contributed by atoms with Gasteiger partial charge >= 0.3 is 0 Å². The van der Waals surface area contributed by atoms with Crippen LogP contribution in [0.2, 0.25) is 0 Å². The monoisotopic (exact) mass is 232 g/mol. The molecule has 0 radical (unpaired) electrons. The summed E-state index contributed by atoms with van der Waals surface area (Å²) in [5, 5.41) is 18.5. The molecule has 2 aromatic carbocycles. The molecule has 1 unspecified atom stereocenters. The Morgan fingerprint density at radius 2 is 1.61 bits per heavy atom. The lowest BCUT2D eigenvalue weighted by molar-refractivity contribution is 1.03. The van der Waals surface area contributed by atoms with Crippen LogP contribution in [0.15, 0.2) is 48.5 Å². The Morgan fingerprint density at radius 3 is 2.22 bits per heavy atom. The fourth-order valence-electron chi connectivity index (χ4n) is 1.93. The third-order valence-electron chi connectivity index (χ3n) is 2.93. The highest BCUT2D eigenvalue weighted by molar-refractivity contribution is 5.47. The van der Waals surface area contributed by atoms with Crippen molar-refractivity contribution in [1.29, 1.82) is 10.5 Å². The van der Waals surface area contributed by atoms with E-state index in [0.29, 0.717) is 5.56 Å².